The summed E-state index contributed by atoms with van der Waals surface area (Å²) >= 11 is 2.58. The highest BCUT2D eigenvalue weighted by atomic mass is 32.2. The lowest BCUT2D eigenvalue weighted by Crippen LogP contribution is -2.18. The van der Waals surface area contributed by atoms with Gasteiger partial charge in [-0.25, -0.2) is 9.66 Å². The molecule has 0 radical (unpaired) electrons. The zero-order valence-electron chi connectivity index (χ0n) is 13.4. The Morgan fingerprint density at radius 2 is 2.16 bits per heavy atom. The molecule has 1 aromatic carbocycles. The Labute approximate surface area is 152 Å². The van der Waals surface area contributed by atoms with Crippen molar-refractivity contribution in [3.8, 4) is 5.75 Å². The number of carbonyl (C=O) groups is 1. The molecule has 3 aromatic rings. The number of nitrogens with one attached hydrogen (secondary N) is 1. The van der Waals surface area contributed by atoms with E-state index >= 15 is 0 Å². The van der Waals surface area contributed by atoms with Crippen molar-refractivity contribution in [2.45, 2.75) is 18.7 Å². The Kier molecular flexibility index (Phi) is 5.51. The summed E-state index contributed by atoms with van der Waals surface area (Å²) in [6.45, 7) is 2.06. The number of amides is 1. The molecular weight excluding hydrogens is 360 g/mol. The predicted octanol–water partition coefficient (Wildman–Crippen LogP) is 2.07. The number of carbonyl (C=O) groups excluding carboxylic acids is 1. The van der Waals surface area contributed by atoms with E-state index in [-0.39, 0.29) is 18.3 Å². The Morgan fingerprint density at radius 3 is 2.88 bits per heavy atom. The maximum atomic E-state index is 11.9. The summed E-state index contributed by atoms with van der Waals surface area (Å²) in [5, 5.41) is 13.6. The molecular formula is C15H16N6O2S2. The number of para-hydroxylation sites is 1. The SMILES string of the molecule is Cc1csc(NC(=O)CSc2nnc(COc3ccccc3)n2N)n1. The number of nitrogens with zero attached hydrogens (tertiary/aromatic N) is 4. The summed E-state index contributed by atoms with van der Waals surface area (Å²) in [6.07, 6.45) is 0. The van der Waals surface area contributed by atoms with Crippen molar-refractivity contribution in [2.75, 3.05) is 16.9 Å². The second-order valence-corrected chi connectivity index (χ2v) is 6.80. The molecule has 0 saturated carbocycles. The normalized spacial score (nSPS) is 10.6. The van der Waals surface area contributed by atoms with Gasteiger partial charge in [-0.15, -0.1) is 21.5 Å². The number of rotatable bonds is 7. The van der Waals surface area contributed by atoms with Gasteiger partial charge in [0.2, 0.25) is 11.1 Å². The lowest BCUT2D eigenvalue weighted by atomic mass is 10.3. The number of thiazole rings is 1. The minimum absolute atomic E-state index is 0.160. The van der Waals surface area contributed by atoms with E-state index in [2.05, 4.69) is 20.5 Å². The third kappa shape index (κ3) is 4.70. The van der Waals surface area contributed by atoms with Crippen molar-refractivity contribution in [3.63, 3.8) is 0 Å². The summed E-state index contributed by atoms with van der Waals surface area (Å²) in [7, 11) is 0. The van der Waals surface area contributed by atoms with Crippen LogP contribution in [0.15, 0.2) is 40.9 Å². The first kappa shape index (κ1) is 17.2. The van der Waals surface area contributed by atoms with Crippen LogP contribution < -0.4 is 15.9 Å². The Hall–Kier alpha value is -2.59. The molecule has 1 amide bonds. The van der Waals surface area contributed by atoms with E-state index in [0.717, 1.165) is 11.4 Å². The summed E-state index contributed by atoms with van der Waals surface area (Å²) in [4.78, 5) is 16.1. The third-order valence-corrected chi connectivity index (χ3v) is 4.86. The number of benzene rings is 1. The molecule has 0 saturated heterocycles. The lowest BCUT2D eigenvalue weighted by molar-refractivity contribution is -0.113. The number of aryl methyl sites for hydroxylation is 1. The molecule has 25 heavy (non-hydrogen) atoms. The predicted molar refractivity (Wildman–Crippen MR) is 97.2 cm³/mol. The fraction of sp³-hybridized carbons (Fsp3) is 0.200. The van der Waals surface area contributed by atoms with Crippen molar-refractivity contribution < 1.29 is 9.53 Å². The van der Waals surface area contributed by atoms with E-state index in [1.807, 2.05) is 42.6 Å². The van der Waals surface area contributed by atoms with E-state index in [1.165, 1.54) is 27.8 Å². The number of nitrogens with two attached hydrogens (primary N) is 1. The monoisotopic (exact) mass is 376 g/mol. The molecule has 3 rings (SSSR count). The van der Waals surface area contributed by atoms with Gasteiger partial charge in [-0.05, 0) is 19.1 Å². The summed E-state index contributed by atoms with van der Waals surface area (Å²) in [6, 6.07) is 9.36. The fourth-order valence-corrected chi connectivity index (χ4v) is 3.25. The zero-order chi connectivity index (χ0) is 17.6. The molecule has 0 aliphatic carbocycles. The number of thioether (sulfide) groups is 1. The number of nitrogen functional groups attached to an aromatic ring is 1. The average Bonchev–Trinajstić information content (AvgIpc) is 3.18. The molecule has 0 aliphatic heterocycles. The van der Waals surface area contributed by atoms with Crippen LogP contribution in [-0.4, -0.2) is 31.5 Å². The first-order chi connectivity index (χ1) is 12.1. The van der Waals surface area contributed by atoms with Crippen molar-refractivity contribution in [1.82, 2.24) is 19.9 Å². The average molecular weight is 376 g/mol. The molecule has 8 nitrogen and oxygen atoms in total. The molecule has 130 valence electrons. The first-order valence-corrected chi connectivity index (χ1v) is 9.20. The molecule has 2 heterocycles. The number of anilines is 1. The maximum absolute atomic E-state index is 11.9. The van der Waals surface area contributed by atoms with Crippen LogP contribution in [-0.2, 0) is 11.4 Å². The minimum Gasteiger partial charge on any atom is -0.486 e. The van der Waals surface area contributed by atoms with Gasteiger partial charge in [0, 0.05) is 5.38 Å². The van der Waals surface area contributed by atoms with Gasteiger partial charge in [0.25, 0.3) is 0 Å². The van der Waals surface area contributed by atoms with Crippen molar-refractivity contribution in [1.29, 1.82) is 0 Å². The highest BCUT2D eigenvalue weighted by Gasteiger charge is 2.13. The topological polar surface area (TPSA) is 108 Å². The highest BCUT2D eigenvalue weighted by Crippen LogP contribution is 2.18. The molecule has 3 N–H and O–H groups in total. The van der Waals surface area contributed by atoms with E-state index in [4.69, 9.17) is 10.6 Å². The molecule has 0 atom stereocenters. The van der Waals surface area contributed by atoms with E-state index in [0.29, 0.717) is 16.1 Å². The van der Waals surface area contributed by atoms with Gasteiger partial charge >= 0.3 is 0 Å². The minimum atomic E-state index is -0.176. The van der Waals surface area contributed by atoms with Gasteiger partial charge in [-0.2, -0.15) is 0 Å². The highest BCUT2D eigenvalue weighted by molar-refractivity contribution is 7.99. The van der Waals surface area contributed by atoms with Crippen LogP contribution in [0.3, 0.4) is 0 Å². The zero-order valence-corrected chi connectivity index (χ0v) is 15.0. The fourth-order valence-electron chi connectivity index (χ4n) is 1.87. The van der Waals surface area contributed by atoms with Crippen LogP contribution in [0, 0.1) is 6.92 Å². The number of aromatic nitrogens is 4. The Bertz CT molecular complexity index is 849. The maximum Gasteiger partial charge on any atom is 0.236 e. The van der Waals surface area contributed by atoms with Crippen molar-refractivity contribution >= 4 is 34.1 Å². The smallest absolute Gasteiger partial charge is 0.236 e. The molecule has 10 heteroatoms. The van der Waals surface area contributed by atoms with Crippen LogP contribution in [0.4, 0.5) is 5.13 Å². The summed E-state index contributed by atoms with van der Waals surface area (Å²) in [5.74, 6) is 7.14. The Morgan fingerprint density at radius 1 is 1.36 bits per heavy atom. The van der Waals surface area contributed by atoms with Gasteiger partial charge in [0.05, 0.1) is 11.4 Å². The number of ether oxygens (including phenoxy) is 1. The van der Waals surface area contributed by atoms with Gasteiger partial charge in [0.15, 0.2) is 11.0 Å². The van der Waals surface area contributed by atoms with Gasteiger partial charge < -0.3 is 15.9 Å². The molecule has 0 spiro atoms. The summed E-state index contributed by atoms with van der Waals surface area (Å²) in [5.41, 5.74) is 0.873. The summed E-state index contributed by atoms with van der Waals surface area (Å²) < 4.78 is 6.92. The van der Waals surface area contributed by atoms with Crippen LogP contribution >= 0.6 is 23.1 Å². The molecule has 0 bridgehead atoms. The second-order valence-electron chi connectivity index (χ2n) is 5.00. The Balaban J connectivity index is 1.51. The number of hydrogen-bond acceptors (Lipinski definition) is 8. The standard InChI is InChI=1S/C15H16N6O2S2/c1-10-8-24-14(17-10)18-13(22)9-25-15-20-19-12(21(15)16)7-23-11-5-3-2-4-6-11/h2-6,8H,7,9,16H2,1H3,(H,17,18,22). The van der Waals surface area contributed by atoms with Crippen LogP contribution in [0.5, 0.6) is 5.75 Å². The van der Waals surface area contributed by atoms with Crippen molar-refractivity contribution in [3.05, 3.63) is 47.2 Å². The van der Waals surface area contributed by atoms with E-state index in [9.17, 15) is 4.79 Å². The molecule has 2 aromatic heterocycles. The van der Waals surface area contributed by atoms with Crippen LogP contribution in [0.25, 0.3) is 0 Å². The first-order valence-electron chi connectivity index (χ1n) is 7.34. The van der Waals surface area contributed by atoms with Gasteiger partial charge in [0.1, 0.15) is 12.4 Å². The lowest BCUT2D eigenvalue weighted by Gasteiger charge is -2.06. The molecule has 0 unspecified atom stereocenters. The largest absolute Gasteiger partial charge is 0.486 e. The molecule has 0 fully saturated rings. The van der Waals surface area contributed by atoms with Crippen LogP contribution in [0.2, 0.25) is 0 Å². The van der Waals surface area contributed by atoms with E-state index in [1.54, 1.807) is 0 Å². The second kappa shape index (κ2) is 7.99. The van der Waals surface area contributed by atoms with Crippen LogP contribution in [0.1, 0.15) is 11.5 Å². The van der Waals surface area contributed by atoms with Gasteiger partial charge in [-0.1, -0.05) is 30.0 Å². The molecule has 0 aliphatic rings. The van der Waals surface area contributed by atoms with E-state index < -0.39 is 0 Å². The quantitative estimate of drug-likeness (QED) is 0.480. The third-order valence-electron chi connectivity index (χ3n) is 3.04. The van der Waals surface area contributed by atoms with Crippen molar-refractivity contribution in [2.24, 2.45) is 0 Å². The number of hydrogen-bond donors (Lipinski definition) is 2. The van der Waals surface area contributed by atoms with Gasteiger partial charge in [-0.3, -0.25) is 4.79 Å².